The zero-order valence-electron chi connectivity index (χ0n) is 8.91. The van der Waals surface area contributed by atoms with Crippen molar-refractivity contribution in [1.29, 1.82) is 0 Å². The highest BCUT2D eigenvalue weighted by Gasteiger charge is 2.20. The van der Waals surface area contributed by atoms with Gasteiger partial charge in [-0.3, -0.25) is 0 Å². The smallest absolute Gasteiger partial charge is 0.418 e. The molecule has 0 unspecified atom stereocenters. The van der Waals surface area contributed by atoms with E-state index >= 15 is 0 Å². The lowest BCUT2D eigenvalue weighted by Gasteiger charge is -1.95. The molecule has 0 aromatic carbocycles. The first kappa shape index (κ1) is 16.2. The molecule has 0 saturated heterocycles. The van der Waals surface area contributed by atoms with Crippen molar-refractivity contribution in [3.63, 3.8) is 0 Å². The first-order valence-electron chi connectivity index (χ1n) is 5.10. The van der Waals surface area contributed by atoms with Crippen molar-refractivity contribution in [3.8, 4) is 0 Å². The third kappa shape index (κ3) is 41.0. The number of unbranched alkanes of at least 4 members (excludes halogenated alkanes) is 6. The maximum atomic E-state index is 9.75. The molecule has 0 rings (SSSR count). The highest BCUT2D eigenvalue weighted by molar-refractivity contribution is 6.50. The predicted octanol–water partition coefficient (Wildman–Crippen LogP) is 4.87. The fourth-order valence-electron chi connectivity index (χ4n) is 0.887. The number of rotatable bonds is 6. The summed E-state index contributed by atoms with van der Waals surface area (Å²) >= 11 is 0. The van der Waals surface area contributed by atoms with Crippen molar-refractivity contribution in [1.82, 2.24) is 0 Å². The Morgan fingerprint density at radius 1 is 0.857 bits per heavy atom. The Labute approximate surface area is 84.2 Å². The molecule has 0 fully saturated rings. The van der Waals surface area contributed by atoms with Crippen molar-refractivity contribution < 1.29 is 17.3 Å². The molecule has 0 heterocycles. The van der Waals surface area contributed by atoms with Crippen LogP contribution in [0.15, 0.2) is 0 Å². The Morgan fingerprint density at radius 3 is 1.71 bits per heavy atom. The second kappa shape index (κ2) is 10.9. The Kier molecular flexibility index (Phi) is 12.6. The van der Waals surface area contributed by atoms with Crippen LogP contribution in [0.3, 0.4) is 0 Å². The van der Waals surface area contributed by atoms with Gasteiger partial charge in [-0.1, -0.05) is 52.4 Å². The average Bonchev–Trinajstić information content (AvgIpc) is 2.01. The van der Waals surface area contributed by atoms with E-state index in [1.807, 2.05) is 0 Å². The molecule has 0 atom stereocenters. The van der Waals surface area contributed by atoms with Crippen LogP contribution in [0, 0.1) is 6.42 Å². The Bertz CT molecular complexity index is 91.5. The van der Waals surface area contributed by atoms with Gasteiger partial charge in [0.2, 0.25) is 0 Å². The summed E-state index contributed by atoms with van der Waals surface area (Å²) in [5.41, 5.74) is 0. The lowest BCUT2D eigenvalue weighted by Crippen LogP contribution is -2.02. The van der Waals surface area contributed by atoms with E-state index in [4.69, 9.17) is 0 Å². The first-order chi connectivity index (χ1) is 6.41. The summed E-state index contributed by atoms with van der Waals surface area (Å²) in [5, 5.41) is 0. The SMILES string of the molecule is CCC[CH]CCCCC.F[B-](F)(F)F. The minimum atomic E-state index is -6.00. The van der Waals surface area contributed by atoms with E-state index in [2.05, 4.69) is 20.3 Å². The van der Waals surface area contributed by atoms with Gasteiger partial charge in [-0.15, -0.1) is 0 Å². The molecule has 0 saturated carbocycles. The molecule has 0 aliphatic carbocycles. The molecule has 0 aromatic rings. The van der Waals surface area contributed by atoms with Crippen molar-refractivity contribution in [2.75, 3.05) is 0 Å². The second-order valence-corrected chi connectivity index (χ2v) is 3.07. The quantitative estimate of drug-likeness (QED) is 0.336. The highest BCUT2D eigenvalue weighted by atomic mass is 19.5. The maximum absolute atomic E-state index is 9.75. The van der Waals surface area contributed by atoms with E-state index in [0.717, 1.165) is 0 Å². The van der Waals surface area contributed by atoms with E-state index < -0.39 is 7.25 Å². The molecule has 0 aromatic heterocycles. The van der Waals surface area contributed by atoms with Crippen LogP contribution in [0.25, 0.3) is 0 Å². The van der Waals surface area contributed by atoms with Gasteiger partial charge in [-0.2, -0.15) is 0 Å². The maximum Gasteiger partial charge on any atom is 0.673 e. The lowest BCUT2D eigenvalue weighted by atomic mass is 10.1. The summed E-state index contributed by atoms with van der Waals surface area (Å²) in [6, 6.07) is 0. The van der Waals surface area contributed by atoms with Crippen molar-refractivity contribution >= 4 is 7.25 Å². The van der Waals surface area contributed by atoms with Crippen molar-refractivity contribution in [3.05, 3.63) is 6.42 Å². The van der Waals surface area contributed by atoms with E-state index in [1.54, 1.807) is 0 Å². The van der Waals surface area contributed by atoms with Gasteiger partial charge in [0, 0.05) is 0 Å². The van der Waals surface area contributed by atoms with Crippen molar-refractivity contribution in [2.24, 2.45) is 0 Å². The van der Waals surface area contributed by atoms with Gasteiger partial charge in [0.05, 0.1) is 0 Å². The summed E-state index contributed by atoms with van der Waals surface area (Å²) in [4.78, 5) is 0. The molecule has 0 spiro atoms. The average molecular weight is 214 g/mol. The molecular formula is C9H19BF4-. The number of halogens is 4. The minimum absolute atomic E-state index is 1.31. The standard InChI is InChI=1S/C9H19.BF4/c1-3-5-7-9-8-6-4-2;2-1(3,4)5/h7H,3-6,8-9H2,1-2H3;/q;-1. The lowest BCUT2D eigenvalue weighted by molar-refractivity contribution is 0.368. The molecule has 0 aliphatic heterocycles. The van der Waals surface area contributed by atoms with Crippen LogP contribution in [0.1, 0.15) is 52.4 Å². The number of hydrogen-bond donors (Lipinski definition) is 0. The highest BCUT2D eigenvalue weighted by Crippen LogP contribution is 2.06. The van der Waals surface area contributed by atoms with Gasteiger partial charge in [-0.05, 0) is 6.42 Å². The molecular weight excluding hydrogens is 195 g/mol. The third-order valence-electron chi connectivity index (χ3n) is 1.50. The zero-order chi connectivity index (χ0) is 11.4. The molecule has 0 bridgehead atoms. The fraction of sp³-hybridized carbons (Fsp3) is 0.889. The van der Waals surface area contributed by atoms with Crippen LogP contribution in [-0.2, 0) is 0 Å². The molecule has 0 aliphatic rings. The Balaban J connectivity index is 0. The topological polar surface area (TPSA) is 0 Å². The molecule has 14 heavy (non-hydrogen) atoms. The van der Waals surface area contributed by atoms with E-state index in [-0.39, 0.29) is 0 Å². The molecule has 0 nitrogen and oxygen atoms in total. The third-order valence-corrected chi connectivity index (χ3v) is 1.50. The fourth-order valence-corrected chi connectivity index (χ4v) is 0.887. The van der Waals surface area contributed by atoms with Crippen LogP contribution in [0.4, 0.5) is 17.3 Å². The summed E-state index contributed by atoms with van der Waals surface area (Å²) in [6.07, 6.45) is 10.5. The first-order valence-corrected chi connectivity index (χ1v) is 5.10. The van der Waals surface area contributed by atoms with E-state index in [9.17, 15) is 17.3 Å². The summed E-state index contributed by atoms with van der Waals surface area (Å²) in [5.74, 6) is 0. The van der Waals surface area contributed by atoms with Gasteiger partial charge in [0.25, 0.3) is 0 Å². The monoisotopic (exact) mass is 214 g/mol. The van der Waals surface area contributed by atoms with Crippen molar-refractivity contribution in [2.45, 2.75) is 52.4 Å². The molecule has 5 heteroatoms. The van der Waals surface area contributed by atoms with Crippen LogP contribution >= 0.6 is 0 Å². The van der Waals surface area contributed by atoms with Crippen LogP contribution in [0.2, 0.25) is 0 Å². The van der Waals surface area contributed by atoms with Gasteiger partial charge < -0.3 is 17.3 Å². The van der Waals surface area contributed by atoms with Crippen LogP contribution in [-0.4, -0.2) is 7.25 Å². The minimum Gasteiger partial charge on any atom is -0.418 e. The second-order valence-electron chi connectivity index (χ2n) is 3.07. The van der Waals surface area contributed by atoms with E-state index in [1.165, 1.54) is 38.5 Å². The predicted molar refractivity (Wildman–Crippen MR) is 53.5 cm³/mol. The Morgan fingerprint density at radius 2 is 1.36 bits per heavy atom. The normalized spacial score (nSPS) is 10.7. The summed E-state index contributed by atoms with van der Waals surface area (Å²) < 4.78 is 39.0. The molecule has 87 valence electrons. The van der Waals surface area contributed by atoms with Gasteiger partial charge in [-0.25, -0.2) is 0 Å². The molecule has 0 amide bonds. The summed E-state index contributed by atoms with van der Waals surface area (Å²) in [7, 11) is -6.00. The van der Waals surface area contributed by atoms with Gasteiger partial charge in [0.1, 0.15) is 0 Å². The van der Waals surface area contributed by atoms with Gasteiger partial charge >= 0.3 is 7.25 Å². The number of hydrogen-bond acceptors (Lipinski definition) is 0. The molecule has 1 radical (unpaired) electrons. The molecule has 0 N–H and O–H groups in total. The zero-order valence-corrected chi connectivity index (χ0v) is 8.91. The Hall–Kier alpha value is -0.215. The van der Waals surface area contributed by atoms with E-state index in [0.29, 0.717) is 0 Å². The summed E-state index contributed by atoms with van der Waals surface area (Å²) in [6.45, 7) is 4.48. The van der Waals surface area contributed by atoms with Crippen LogP contribution < -0.4 is 0 Å². The largest absolute Gasteiger partial charge is 0.673 e. The van der Waals surface area contributed by atoms with Crippen LogP contribution in [0.5, 0.6) is 0 Å². The van der Waals surface area contributed by atoms with Gasteiger partial charge in [0.15, 0.2) is 0 Å².